The summed E-state index contributed by atoms with van der Waals surface area (Å²) in [5.41, 5.74) is 2.40. The predicted octanol–water partition coefficient (Wildman–Crippen LogP) is 2.60. The van der Waals surface area contributed by atoms with Gasteiger partial charge in [-0.2, -0.15) is 0 Å². The molecular formula is C20H24N2O3. The molecule has 0 radical (unpaired) electrons. The first kappa shape index (κ1) is 17.3. The fraction of sp³-hybridized carbons (Fsp3) is 0.350. The Labute approximate surface area is 148 Å². The largest absolute Gasteiger partial charge is 0.454 e. The molecule has 3 rings (SSSR count). The average Bonchev–Trinajstić information content (AvgIpc) is 3.07. The summed E-state index contributed by atoms with van der Waals surface area (Å²) < 4.78 is 10.7. The standard InChI is InChI=1S/C20H24N2O3/c1-22(13-17-9-10-18-19(12-17)25-15-24-18)14-20(23)21-11-5-8-16-6-3-2-4-7-16/h2-4,6-7,9-10,12H,5,8,11,13-15H2,1H3,(H,21,23). The van der Waals surface area contributed by atoms with Crippen LogP contribution in [0.15, 0.2) is 48.5 Å². The minimum atomic E-state index is 0.0521. The third kappa shape index (κ3) is 5.22. The van der Waals surface area contributed by atoms with Crippen LogP contribution in [0, 0.1) is 0 Å². The molecule has 1 N–H and O–H groups in total. The molecule has 0 fully saturated rings. The van der Waals surface area contributed by atoms with Crippen LogP contribution in [-0.2, 0) is 17.8 Å². The normalized spacial score (nSPS) is 12.4. The van der Waals surface area contributed by atoms with Crippen molar-refractivity contribution in [1.82, 2.24) is 10.2 Å². The second-order valence-corrected chi connectivity index (χ2v) is 6.30. The number of aryl methyl sites for hydroxylation is 1. The Kier molecular flexibility index (Phi) is 5.90. The van der Waals surface area contributed by atoms with Crippen LogP contribution in [0.1, 0.15) is 17.5 Å². The second kappa shape index (κ2) is 8.53. The molecule has 25 heavy (non-hydrogen) atoms. The van der Waals surface area contributed by atoms with Crippen molar-refractivity contribution >= 4 is 5.91 Å². The van der Waals surface area contributed by atoms with E-state index in [0.717, 1.165) is 29.9 Å². The van der Waals surface area contributed by atoms with E-state index in [2.05, 4.69) is 17.4 Å². The molecule has 5 nitrogen and oxygen atoms in total. The van der Waals surface area contributed by atoms with E-state index < -0.39 is 0 Å². The van der Waals surface area contributed by atoms with Gasteiger partial charge in [0.1, 0.15) is 0 Å². The molecule has 0 atom stereocenters. The lowest BCUT2D eigenvalue weighted by Crippen LogP contribution is -2.35. The third-order valence-electron chi connectivity index (χ3n) is 4.11. The zero-order chi connectivity index (χ0) is 17.5. The molecule has 0 bridgehead atoms. The van der Waals surface area contributed by atoms with Crippen molar-refractivity contribution in [1.29, 1.82) is 0 Å². The number of nitrogens with one attached hydrogen (secondary N) is 1. The molecule has 0 aliphatic carbocycles. The Balaban J connectivity index is 1.36. The number of amides is 1. The van der Waals surface area contributed by atoms with E-state index in [1.807, 2.05) is 48.3 Å². The quantitative estimate of drug-likeness (QED) is 0.751. The van der Waals surface area contributed by atoms with Gasteiger partial charge in [-0.25, -0.2) is 0 Å². The van der Waals surface area contributed by atoms with E-state index in [-0.39, 0.29) is 12.7 Å². The fourth-order valence-electron chi connectivity index (χ4n) is 2.87. The zero-order valence-corrected chi connectivity index (χ0v) is 14.5. The van der Waals surface area contributed by atoms with Gasteiger partial charge in [0.05, 0.1) is 6.54 Å². The van der Waals surface area contributed by atoms with Crippen molar-refractivity contribution < 1.29 is 14.3 Å². The van der Waals surface area contributed by atoms with E-state index in [4.69, 9.17) is 9.47 Å². The molecule has 2 aromatic rings. The minimum absolute atomic E-state index is 0.0521. The lowest BCUT2D eigenvalue weighted by Gasteiger charge is -2.16. The Morgan fingerprint density at radius 2 is 1.88 bits per heavy atom. The molecule has 1 amide bonds. The van der Waals surface area contributed by atoms with Crippen LogP contribution in [0.3, 0.4) is 0 Å². The predicted molar refractivity (Wildman–Crippen MR) is 96.7 cm³/mol. The molecule has 0 saturated heterocycles. The number of nitrogens with zero attached hydrogens (tertiary/aromatic N) is 1. The number of carbonyl (C=O) groups excluding carboxylic acids is 1. The van der Waals surface area contributed by atoms with E-state index >= 15 is 0 Å². The second-order valence-electron chi connectivity index (χ2n) is 6.30. The first-order valence-electron chi connectivity index (χ1n) is 8.58. The monoisotopic (exact) mass is 340 g/mol. The summed E-state index contributed by atoms with van der Waals surface area (Å²) in [4.78, 5) is 14.0. The SMILES string of the molecule is CN(CC(=O)NCCCc1ccccc1)Cc1ccc2c(c1)OCO2. The van der Waals surface area contributed by atoms with Crippen LogP contribution in [0.2, 0.25) is 0 Å². The number of likely N-dealkylation sites (N-methyl/N-ethyl adjacent to an activating group) is 1. The van der Waals surface area contributed by atoms with Crippen molar-refractivity contribution in [3.05, 3.63) is 59.7 Å². The first-order valence-corrected chi connectivity index (χ1v) is 8.58. The Morgan fingerprint density at radius 1 is 1.08 bits per heavy atom. The lowest BCUT2D eigenvalue weighted by molar-refractivity contribution is -0.122. The smallest absolute Gasteiger partial charge is 0.234 e. The number of hydrogen-bond acceptors (Lipinski definition) is 4. The van der Waals surface area contributed by atoms with Crippen molar-refractivity contribution in [2.24, 2.45) is 0 Å². The van der Waals surface area contributed by atoms with Crippen molar-refractivity contribution in [2.45, 2.75) is 19.4 Å². The average molecular weight is 340 g/mol. The molecule has 0 unspecified atom stereocenters. The molecule has 5 heteroatoms. The Hall–Kier alpha value is -2.53. The van der Waals surface area contributed by atoms with Gasteiger partial charge in [0.2, 0.25) is 12.7 Å². The highest BCUT2D eigenvalue weighted by Crippen LogP contribution is 2.32. The van der Waals surface area contributed by atoms with Crippen LogP contribution in [0.25, 0.3) is 0 Å². The van der Waals surface area contributed by atoms with Crippen LogP contribution in [-0.4, -0.2) is 37.7 Å². The van der Waals surface area contributed by atoms with Gasteiger partial charge in [-0.1, -0.05) is 36.4 Å². The molecule has 132 valence electrons. The number of benzene rings is 2. The third-order valence-corrected chi connectivity index (χ3v) is 4.11. The molecule has 0 spiro atoms. The molecular weight excluding hydrogens is 316 g/mol. The maximum Gasteiger partial charge on any atom is 0.234 e. The Bertz CT molecular complexity index is 703. The maximum atomic E-state index is 12.0. The van der Waals surface area contributed by atoms with Gasteiger partial charge in [-0.05, 0) is 43.1 Å². The molecule has 0 aromatic heterocycles. The van der Waals surface area contributed by atoms with Crippen LogP contribution in [0.5, 0.6) is 11.5 Å². The van der Waals surface area contributed by atoms with Gasteiger partial charge in [-0.3, -0.25) is 9.69 Å². The topological polar surface area (TPSA) is 50.8 Å². The van der Waals surface area contributed by atoms with Crippen LogP contribution in [0.4, 0.5) is 0 Å². The fourth-order valence-corrected chi connectivity index (χ4v) is 2.87. The first-order chi connectivity index (χ1) is 12.2. The van der Waals surface area contributed by atoms with Crippen molar-refractivity contribution in [3.63, 3.8) is 0 Å². The maximum absolute atomic E-state index is 12.0. The summed E-state index contributed by atoms with van der Waals surface area (Å²) in [5.74, 6) is 1.61. The summed E-state index contributed by atoms with van der Waals surface area (Å²) in [6.45, 7) is 2.04. The number of hydrogen-bond donors (Lipinski definition) is 1. The summed E-state index contributed by atoms with van der Waals surface area (Å²) in [7, 11) is 1.94. The molecule has 1 aliphatic heterocycles. The highest BCUT2D eigenvalue weighted by atomic mass is 16.7. The van der Waals surface area contributed by atoms with Crippen molar-refractivity contribution in [3.8, 4) is 11.5 Å². The number of carbonyl (C=O) groups is 1. The highest BCUT2D eigenvalue weighted by molar-refractivity contribution is 5.77. The summed E-state index contributed by atoms with van der Waals surface area (Å²) in [6, 6.07) is 16.2. The van der Waals surface area contributed by atoms with E-state index in [0.29, 0.717) is 19.6 Å². The summed E-state index contributed by atoms with van der Waals surface area (Å²) in [5, 5.41) is 2.99. The highest BCUT2D eigenvalue weighted by Gasteiger charge is 2.14. The Morgan fingerprint density at radius 3 is 2.72 bits per heavy atom. The van der Waals surface area contributed by atoms with Gasteiger partial charge in [0, 0.05) is 13.1 Å². The lowest BCUT2D eigenvalue weighted by atomic mass is 10.1. The number of ether oxygens (including phenoxy) is 2. The van der Waals surface area contributed by atoms with Gasteiger partial charge in [0.15, 0.2) is 11.5 Å². The molecule has 1 heterocycles. The van der Waals surface area contributed by atoms with E-state index in [9.17, 15) is 4.79 Å². The van der Waals surface area contributed by atoms with Crippen molar-refractivity contribution in [2.75, 3.05) is 26.9 Å². The van der Waals surface area contributed by atoms with Gasteiger partial charge in [0.25, 0.3) is 0 Å². The molecule has 1 aliphatic rings. The number of fused-ring (bicyclic) bond motifs is 1. The van der Waals surface area contributed by atoms with E-state index in [1.165, 1.54) is 5.56 Å². The molecule has 2 aromatic carbocycles. The van der Waals surface area contributed by atoms with Gasteiger partial charge in [-0.15, -0.1) is 0 Å². The zero-order valence-electron chi connectivity index (χ0n) is 14.5. The van der Waals surface area contributed by atoms with Gasteiger partial charge >= 0.3 is 0 Å². The van der Waals surface area contributed by atoms with Crippen LogP contribution < -0.4 is 14.8 Å². The van der Waals surface area contributed by atoms with Gasteiger partial charge < -0.3 is 14.8 Å². The molecule has 0 saturated carbocycles. The van der Waals surface area contributed by atoms with E-state index in [1.54, 1.807) is 0 Å². The summed E-state index contributed by atoms with van der Waals surface area (Å²) >= 11 is 0. The number of rotatable bonds is 8. The minimum Gasteiger partial charge on any atom is -0.454 e. The van der Waals surface area contributed by atoms with Crippen LogP contribution >= 0.6 is 0 Å². The summed E-state index contributed by atoms with van der Waals surface area (Å²) in [6.07, 6.45) is 1.93.